The summed E-state index contributed by atoms with van der Waals surface area (Å²) in [6.07, 6.45) is 0. The minimum Gasteiger partial charge on any atom is -0.478 e. The van der Waals surface area contributed by atoms with E-state index in [9.17, 15) is 9.18 Å². The van der Waals surface area contributed by atoms with Crippen molar-refractivity contribution in [3.8, 4) is 11.1 Å². The number of aryl methyl sites for hydroxylation is 2. The molecule has 1 N–H and O–H groups in total. The van der Waals surface area contributed by atoms with Crippen molar-refractivity contribution in [2.24, 2.45) is 0 Å². The van der Waals surface area contributed by atoms with Crippen molar-refractivity contribution >= 4 is 17.6 Å². The van der Waals surface area contributed by atoms with Gasteiger partial charge in [-0.25, -0.2) is 9.18 Å². The molecule has 0 aliphatic carbocycles. The van der Waals surface area contributed by atoms with Crippen LogP contribution in [0, 0.1) is 19.7 Å². The Hall–Kier alpha value is -1.87. The molecule has 2 rings (SSSR count). The molecule has 0 spiro atoms. The van der Waals surface area contributed by atoms with Gasteiger partial charge in [0.25, 0.3) is 0 Å². The van der Waals surface area contributed by atoms with Crippen LogP contribution in [0.1, 0.15) is 21.5 Å². The highest BCUT2D eigenvalue weighted by Gasteiger charge is 2.16. The molecule has 0 saturated carbocycles. The molecule has 98 valence electrons. The molecular weight excluding hydrogens is 267 g/mol. The lowest BCUT2D eigenvalue weighted by Crippen LogP contribution is -2.01. The normalized spacial score (nSPS) is 10.5. The highest BCUT2D eigenvalue weighted by Crippen LogP contribution is 2.32. The third-order valence-electron chi connectivity index (χ3n) is 2.96. The second kappa shape index (κ2) is 5.02. The van der Waals surface area contributed by atoms with E-state index >= 15 is 0 Å². The summed E-state index contributed by atoms with van der Waals surface area (Å²) in [6.45, 7) is 3.87. The summed E-state index contributed by atoms with van der Waals surface area (Å²) in [4.78, 5) is 10.8. The summed E-state index contributed by atoms with van der Waals surface area (Å²) in [6, 6.07) is 8.04. The van der Waals surface area contributed by atoms with E-state index in [1.165, 1.54) is 6.07 Å². The van der Waals surface area contributed by atoms with Crippen molar-refractivity contribution in [3.63, 3.8) is 0 Å². The Morgan fingerprint density at radius 1 is 1.16 bits per heavy atom. The Balaban J connectivity index is 2.63. The fourth-order valence-electron chi connectivity index (χ4n) is 2.03. The topological polar surface area (TPSA) is 37.3 Å². The molecule has 0 aliphatic rings. The summed E-state index contributed by atoms with van der Waals surface area (Å²) in [5.74, 6) is -2.11. The molecule has 0 bridgehead atoms. The molecule has 0 saturated heterocycles. The second-order valence-electron chi connectivity index (χ2n) is 4.44. The Bertz CT molecular complexity index is 665. The van der Waals surface area contributed by atoms with Crippen LogP contribution in [0.4, 0.5) is 4.39 Å². The third-order valence-corrected chi connectivity index (χ3v) is 3.27. The molecule has 0 amide bonds. The summed E-state index contributed by atoms with van der Waals surface area (Å²) in [5.41, 5.74) is 2.94. The largest absolute Gasteiger partial charge is 0.478 e. The van der Waals surface area contributed by atoms with Crippen molar-refractivity contribution < 1.29 is 14.3 Å². The summed E-state index contributed by atoms with van der Waals surface area (Å²) in [5, 5.41) is 9.07. The van der Waals surface area contributed by atoms with Crippen LogP contribution in [0.5, 0.6) is 0 Å². The highest BCUT2D eigenvalue weighted by molar-refractivity contribution is 6.33. The maximum atomic E-state index is 13.7. The molecule has 2 aromatic rings. The number of rotatable bonds is 2. The highest BCUT2D eigenvalue weighted by atomic mass is 35.5. The molecule has 4 heteroatoms. The first-order chi connectivity index (χ1) is 8.90. The van der Waals surface area contributed by atoms with Crippen molar-refractivity contribution in [2.45, 2.75) is 13.8 Å². The van der Waals surface area contributed by atoms with Gasteiger partial charge in [-0.05, 0) is 37.1 Å². The number of halogens is 2. The van der Waals surface area contributed by atoms with E-state index in [0.717, 1.165) is 22.8 Å². The van der Waals surface area contributed by atoms with Gasteiger partial charge < -0.3 is 5.11 Å². The van der Waals surface area contributed by atoms with E-state index in [4.69, 9.17) is 16.7 Å². The Morgan fingerprint density at radius 3 is 2.42 bits per heavy atom. The van der Waals surface area contributed by atoms with Crippen LogP contribution in [-0.2, 0) is 0 Å². The van der Waals surface area contributed by atoms with Crippen LogP contribution in [0.2, 0.25) is 5.02 Å². The predicted octanol–water partition coefficient (Wildman–Crippen LogP) is 4.46. The van der Waals surface area contributed by atoms with Gasteiger partial charge in [0.05, 0.1) is 5.56 Å². The van der Waals surface area contributed by atoms with E-state index in [-0.39, 0.29) is 5.02 Å². The molecule has 0 fully saturated rings. The molecule has 19 heavy (non-hydrogen) atoms. The van der Waals surface area contributed by atoms with Gasteiger partial charge in [0.15, 0.2) is 0 Å². The van der Waals surface area contributed by atoms with Gasteiger partial charge in [-0.1, -0.05) is 35.4 Å². The summed E-state index contributed by atoms with van der Waals surface area (Å²) >= 11 is 6.06. The second-order valence-corrected chi connectivity index (χ2v) is 4.84. The number of carboxylic acid groups (broad SMARTS) is 1. The van der Waals surface area contributed by atoms with Crippen LogP contribution in [0.3, 0.4) is 0 Å². The fourth-order valence-corrected chi connectivity index (χ4v) is 2.30. The van der Waals surface area contributed by atoms with Crippen LogP contribution in [0.15, 0.2) is 30.3 Å². The van der Waals surface area contributed by atoms with Gasteiger partial charge in [-0.3, -0.25) is 0 Å². The first-order valence-corrected chi connectivity index (χ1v) is 6.08. The Labute approximate surface area is 115 Å². The maximum Gasteiger partial charge on any atom is 0.338 e. The van der Waals surface area contributed by atoms with Gasteiger partial charge in [0.1, 0.15) is 5.82 Å². The van der Waals surface area contributed by atoms with Crippen molar-refractivity contribution in [2.75, 3.05) is 0 Å². The number of aromatic carboxylic acids is 1. The average Bonchev–Trinajstić information content (AvgIpc) is 2.32. The number of hydrogen-bond acceptors (Lipinski definition) is 1. The maximum absolute atomic E-state index is 13.7. The number of carbonyl (C=O) groups is 1. The van der Waals surface area contributed by atoms with Gasteiger partial charge in [0.2, 0.25) is 0 Å². The third kappa shape index (κ3) is 2.61. The summed E-state index contributed by atoms with van der Waals surface area (Å²) in [7, 11) is 0. The molecule has 0 radical (unpaired) electrons. The minimum atomic E-state index is -1.33. The van der Waals surface area contributed by atoms with E-state index < -0.39 is 17.3 Å². The van der Waals surface area contributed by atoms with E-state index in [0.29, 0.717) is 5.56 Å². The van der Waals surface area contributed by atoms with E-state index in [1.54, 1.807) is 0 Å². The zero-order valence-corrected chi connectivity index (χ0v) is 11.3. The SMILES string of the molecule is Cc1ccc(-c2cc(F)c(C(=O)O)cc2Cl)c(C)c1. The molecule has 0 atom stereocenters. The first-order valence-electron chi connectivity index (χ1n) is 5.70. The van der Waals surface area contributed by atoms with Crippen molar-refractivity contribution in [1.82, 2.24) is 0 Å². The first kappa shape index (κ1) is 13.6. The van der Waals surface area contributed by atoms with Crippen LogP contribution < -0.4 is 0 Å². The molecule has 0 heterocycles. The zero-order valence-electron chi connectivity index (χ0n) is 10.5. The van der Waals surface area contributed by atoms with E-state index in [2.05, 4.69) is 0 Å². The molecular formula is C15H12ClFO2. The quantitative estimate of drug-likeness (QED) is 0.880. The molecule has 2 nitrogen and oxygen atoms in total. The van der Waals surface area contributed by atoms with Gasteiger partial charge >= 0.3 is 5.97 Å². The Morgan fingerprint density at radius 2 is 1.84 bits per heavy atom. The van der Waals surface area contributed by atoms with Gasteiger partial charge in [-0.2, -0.15) is 0 Å². The lowest BCUT2D eigenvalue weighted by atomic mass is 9.97. The predicted molar refractivity (Wildman–Crippen MR) is 73.3 cm³/mol. The summed E-state index contributed by atoms with van der Waals surface area (Å²) < 4.78 is 13.7. The lowest BCUT2D eigenvalue weighted by molar-refractivity contribution is 0.0692. The minimum absolute atomic E-state index is 0.228. The van der Waals surface area contributed by atoms with Crippen molar-refractivity contribution in [1.29, 1.82) is 0 Å². The number of hydrogen-bond donors (Lipinski definition) is 1. The average molecular weight is 279 g/mol. The standard InChI is InChI=1S/C15H12ClFO2/c1-8-3-4-10(9(2)5-8)11-7-14(17)12(15(18)19)6-13(11)16/h3-7H,1-2H3,(H,18,19). The molecule has 0 unspecified atom stereocenters. The van der Waals surface area contributed by atoms with E-state index in [1.807, 2.05) is 32.0 Å². The smallest absolute Gasteiger partial charge is 0.338 e. The fraction of sp³-hybridized carbons (Fsp3) is 0.133. The lowest BCUT2D eigenvalue weighted by Gasteiger charge is -2.10. The van der Waals surface area contributed by atoms with Crippen LogP contribution >= 0.6 is 11.6 Å². The van der Waals surface area contributed by atoms with Gasteiger partial charge in [-0.15, -0.1) is 0 Å². The zero-order chi connectivity index (χ0) is 14.2. The monoisotopic (exact) mass is 278 g/mol. The number of benzene rings is 2. The van der Waals surface area contributed by atoms with Crippen LogP contribution in [-0.4, -0.2) is 11.1 Å². The Kier molecular flexibility index (Phi) is 3.58. The molecule has 2 aromatic carbocycles. The van der Waals surface area contributed by atoms with Gasteiger partial charge in [0, 0.05) is 10.6 Å². The molecule has 0 aromatic heterocycles. The number of carboxylic acids is 1. The molecule has 0 aliphatic heterocycles. The van der Waals surface area contributed by atoms with Crippen molar-refractivity contribution in [3.05, 3.63) is 57.9 Å². The van der Waals surface area contributed by atoms with Crippen LogP contribution in [0.25, 0.3) is 11.1 Å².